The van der Waals surface area contributed by atoms with Crippen molar-refractivity contribution in [2.45, 2.75) is 154 Å². The Kier molecular flexibility index (Phi) is 29.3. The van der Waals surface area contributed by atoms with Gasteiger partial charge < -0.3 is 29.5 Å². The minimum atomic E-state index is -4.84. The van der Waals surface area contributed by atoms with E-state index in [2.05, 4.69) is 67.0 Å². The van der Waals surface area contributed by atoms with Gasteiger partial charge in [-0.1, -0.05) is 119 Å². The summed E-state index contributed by atoms with van der Waals surface area (Å²) in [6.45, 7) is 3.20. The van der Waals surface area contributed by atoms with E-state index in [1.807, 2.05) is 12.2 Å². The number of Topliss-reactive ketones (excluding diaryl/α,β-unsaturated/α-hetero) is 1. The lowest BCUT2D eigenvalue weighted by molar-refractivity contribution is -0.161. The molecule has 11 nitrogen and oxygen atoms in total. The molecule has 312 valence electrons. The van der Waals surface area contributed by atoms with E-state index >= 15 is 0 Å². The van der Waals surface area contributed by atoms with Crippen LogP contribution < -0.4 is 0 Å². The number of allylic oxidation sites excluding steroid dienone is 10. The quantitative estimate of drug-likeness (QED) is 0.0221. The summed E-state index contributed by atoms with van der Waals surface area (Å²) in [5.74, 6) is -1.88. The van der Waals surface area contributed by atoms with Crippen molar-refractivity contribution < 1.29 is 52.9 Å². The number of carbonyl (C=O) groups excluding carboxylic acids is 3. The van der Waals surface area contributed by atoms with Crippen LogP contribution >= 0.6 is 7.82 Å². The summed E-state index contributed by atoms with van der Waals surface area (Å²) < 4.78 is 26.3. The van der Waals surface area contributed by atoms with Gasteiger partial charge in [0.25, 0.3) is 0 Å². The third kappa shape index (κ3) is 28.2. The molecular weight excluding hydrogens is 723 g/mol. The zero-order valence-electron chi connectivity index (χ0n) is 33.3. The fourth-order valence-corrected chi connectivity index (χ4v) is 6.35. The largest absolute Gasteiger partial charge is 0.469 e. The summed E-state index contributed by atoms with van der Waals surface area (Å²) in [7, 11) is -4.84. The number of aliphatic hydroxyl groups is 2. The topological polar surface area (TPSA) is 177 Å². The van der Waals surface area contributed by atoms with Crippen LogP contribution in [0.5, 0.6) is 0 Å². The van der Waals surface area contributed by atoms with E-state index in [1.165, 1.54) is 0 Å². The highest BCUT2D eigenvalue weighted by Crippen LogP contribution is 2.36. The Morgan fingerprint density at radius 2 is 1.40 bits per heavy atom. The first-order chi connectivity index (χ1) is 26.5. The van der Waals surface area contributed by atoms with E-state index in [0.717, 1.165) is 70.6 Å². The van der Waals surface area contributed by atoms with Crippen LogP contribution in [-0.4, -0.2) is 69.2 Å². The highest BCUT2D eigenvalue weighted by molar-refractivity contribution is 7.46. The van der Waals surface area contributed by atoms with Crippen molar-refractivity contribution in [3.05, 3.63) is 72.9 Å². The monoisotopic (exact) mass is 792 g/mol. The predicted octanol–water partition coefficient (Wildman–Crippen LogP) is 8.88. The van der Waals surface area contributed by atoms with Crippen molar-refractivity contribution in [2.24, 2.45) is 11.8 Å². The van der Waals surface area contributed by atoms with Crippen LogP contribution in [0.1, 0.15) is 136 Å². The van der Waals surface area contributed by atoms with Crippen molar-refractivity contribution in [1.82, 2.24) is 0 Å². The molecule has 0 aromatic heterocycles. The van der Waals surface area contributed by atoms with Crippen LogP contribution in [0.25, 0.3) is 0 Å². The molecule has 5 atom stereocenters. The molecule has 0 bridgehead atoms. The molecule has 0 heterocycles. The SMILES string of the molecule is CC/C=C\C/C=C\C/C=C\C/C=C\CCCCCCC(=O)OC[C@H](COP(=O)(O)O)OC(=O)CCC/C=C\C[C@H]1C(=O)C[C@@H](O)[C@@H]1/C=C/[C@@H](O)CCCCC. The van der Waals surface area contributed by atoms with Gasteiger partial charge in [-0.05, 0) is 70.6 Å². The van der Waals surface area contributed by atoms with Gasteiger partial charge in [0, 0.05) is 31.1 Å². The number of unbranched alkanes of at least 4 members (excludes halogenated alkanes) is 7. The van der Waals surface area contributed by atoms with E-state index in [4.69, 9.17) is 19.3 Å². The molecule has 0 amide bonds. The van der Waals surface area contributed by atoms with Gasteiger partial charge in [-0.25, -0.2) is 4.57 Å². The van der Waals surface area contributed by atoms with Gasteiger partial charge in [0.1, 0.15) is 12.4 Å². The van der Waals surface area contributed by atoms with Gasteiger partial charge >= 0.3 is 19.8 Å². The van der Waals surface area contributed by atoms with Gasteiger partial charge in [-0.3, -0.25) is 18.9 Å². The summed E-state index contributed by atoms with van der Waals surface area (Å²) in [5, 5.41) is 20.6. The maximum atomic E-state index is 12.5. The Balaban J connectivity index is 2.33. The molecule has 1 saturated carbocycles. The van der Waals surface area contributed by atoms with Crippen molar-refractivity contribution in [2.75, 3.05) is 13.2 Å². The predicted molar refractivity (Wildman–Crippen MR) is 217 cm³/mol. The molecule has 0 aromatic rings. The highest BCUT2D eigenvalue weighted by Gasteiger charge is 2.39. The third-order valence-corrected chi connectivity index (χ3v) is 9.56. The van der Waals surface area contributed by atoms with E-state index in [1.54, 1.807) is 12.2 Å². The fourth-order valence-electron chi connectivity index (χ4n) is 5.99. The normalized spacial score (nSPS) is 19.3. The average molecular weight is 793 g/mol. The minimum absolute atomic E-state index is 0.00790. The molecule has 1 aliphatic rings. The molecule has 12 heteroatoms. The van der Waals surface area contributed by atoms with Gasteiger partial charge in [0.05, 0.1) is 18.8 Å². The number of phosphoric acid groups is 1. The number of aliphatic hydroxyl groups excluding tert-OH is 2. The highest BCUT2D eigenvalue weighted by atomic mass is 31.2. The molecule has 4 N–H and O–H groups in total. The van der Waals surface area contributed by atoms with Crippen LogP contribution in [0.3, 0.4) is 0 Å². The molecular formula is C43H69O11P. The van der Waals surface area contributed by atoms with Gasteiger partial charge in [-0.15, -0.1) is 0 Å². The molecule has 0 saturated heterocycles. The number of rotatable bonds is 32. The van der Waals surface area contributed by atoms with Crippen LogP contribution in [0.2, 0.25) is 0 Å². The first kappa shape index (κ1) is 50.1. The molecule has 0 aromatic carbocycles. The number of hydrogen-bond acceptors (Lipinski definition) is 9. The lowest BCUT2D eigenvalue weighted by atomic mass is 9.90. The first-order valence-electron chi connectivity index (χ1n) is 20.3. The molecule has 1 fully saturated rings. The lowest BCUT2D eigenvalue weighted by Gasteiger charge is -2.18. The van der Waals surface area contributed by atoms with E-state index in [-0.39, 0.29) is 43.5 Å². The molecule has 0 spiro atoms. The smallest absolute Gasteiger partial charge is 0.462 e. The zero-order valence-corrected chi connectivity index (χ0v) is 34.2. The minimum Gasteiger partial charge on any atom is -0.462 e. The lowest BCUT2D eigenvalue weighted by Crippen LogP contribution is -2.29. The molecule has 0 aliphatic heterocycles. The number of hydrogen-bond donors (Lipinski definition) is 4. The summed E-state index contributed by atoms with van der Waals surface area (Å²) in [4.78, 5) is 55.5. The van der Waals surface area contributed by atoms with Crippen LogP contribution in [0, 0.1) is 11.8 Å². The average Bonchev–Trinajstić information content (AvgIpc) is 3.41. The van der Waals surface area contributed by atoms with Gasteiger partial charge in [0.15, 0.2) is 6.10 Å². The Labute approximate surface area is 329 Å². The summed E-state index contributed by atoms with van der Waals surface area (Å²) in [6, 6.07) is 0. The molecule has 55 heavy (non-hydrogen) atoms. The van der Waals surface area contributed by atoms with Gasteiger partial charge in [0.2, 0.25) is 0 Å². The van der Waals surface area contributed by atoms with Crippen molar-refractivity contribution in [3.8, 4) is 0 Å². The summed E-state index contributed by atoms with van der Waals surface area (Å²) in [5.41, 5.74) is 0. The van der Waals surface area contributed by atoms with Crippen molar-refractivity contribution >= 4 is 25.5 Å². The van der Waals surface area contributed by atoms with Crippen LogP contribution in [0.15, 0.2) is 72.9 Å². The van der Waals surface area contributed by atoms with Gasteiger partial charge in [-0.2, -0.15) is 0 Å². The number of ether oxygens (including phenoxy) is 2. The molecule has 1 rings (SSSR count). The second-order valence-corrected chi connectivity index (χ2v) is 15.2. The Hall–Kier alpha value is -2.92. The zero-order chi connectivity index (χ0) is 40.6. The maximum Gasteiger partial charge on any atom is 0.469 e. The van der Waals surface area contributed by atoms with E-state index in [0.29, 0.717) is 32.1 Å². The number of phosphoric ester groups is 1. The third-order valence-electron chi connectivity index (χ3n) is 9.08. The molecule has 1 aliphatic carbocycles. The van der Waals surface area contributed by atoms with E-state index in [9.17, 15) is 29.2 Å². The first-order valence-corrected chi connectivity index (χ1v) is 21.9. The van der Waals surface area contributed by atoms with Crippen LogP contribution in [0.4, 0.5) is 0 Å². The maximum absolute atomic E-state index is 12.5. The van der Waals surface area contributed by atoms with Crippen LogP contribution in [-0.2, 0) is 32.9 Å². The van der Waals surface area contributed by atoms with Crippen molar-refractivity contribution in [3.63, 3.8) is 0 Å². The fraction of sp³-hybridized carbons (Fsp3) is 0.651. The summed E-state index contributed by atoms with van der Waals surface area (Å²) in [6.07, 6.45) is 35.6. The number of carbonyl (C=O) groups is 3. The Bertz CT molecular complexity index is 1280. The number of ketones is 1. The molecule has 0 unspecified atom stereocenters. The molecule has 0 radical (unpaired) electrons. The van der Waals surface area contributed by atoms with E-state index < -0.39 is 44.7 Å². The Morgan fingerprint density at radius 1 is 0.782 bits per heavy atom. The standard InChI is InChI=1S/C43H69O11P/c1-3-5-7-8-9-10-11-12-13-14-15-16-17-18-19-20-25-29-42(47)52-34-37(35-53-55(49,50)51)54-43(48)30-26-22-21-24-28-38-39(41(46)33-40(38)45)32-31-36(44)27-23-6-4-2/h5,7,9-10,12-13,15-16,21,24,31-32,36-39,41,44,46H,3-4,6,8,11,14,17-20,22-23,25-30,33-35H2,1-2H3,(H2,49,50,51)/b7-5-,10-9-,13-12-,16-15-,24-21-,32-31+/t36-,37+,38+,39+,41+/m0/s1. The van der Waals surface area contributed by atoms with Crippen molar-refractivity contribution in [1.29, 1.82) is 0 Å². The Morgan fingerprint density at radius 3 is 2.07 bits per heavy atom. The second kappa shape index (κ2) is 32.2. The summed E-state index contributed by atoms with van der Waals surface area (Å²) >= 11 is 0. The number of esters is 2. The second-order valence-electron chi connectivity index (χ2n) is 14.0.